The summed E-state index contributed by atoms with van der Waals surface area (Å²) < 4.78 is 0. The van der Waals surface area contributed by atoms with Gasteiger partial charge < -0.3 is 5.32 Å². The number of rotatable bonds is 4. The second-order valence-electron chi connectivity index (χ2n) is 4.89. The first-order chi connectivity index (χ1) is 11.5. The van der Waals surface area contributed by atoms with Crippen LogP contribution in [0, 0.1) is 0 Å². The fraction of sp³-hybridized carbons (Fsp3) is 0.125. The molecule has 8 heteroatoms. The van der Waals surface area contributed by atoms with Crippen LogP contribution in [-0.4, -0.2) is 28.7 Å². The normalized spacial score (nSPS) is 11.2. The minimum atomic E-state index is -0.845. The summed E-state index contributed by atoms with van der Waals surface area (Å²) in [7, 11) is 0. The van der Waals surface area contributed by atoms with Gasteiger partial charge in [0.2, 0.25) is 0 Å². The lowest BCUT2D eigenvalue weighted by Gasteiger charge is -2.14. The van der Waals surface area contributed by atoms with E-state index < -0.39 is 23.8 Å². The number of hydrogen-bond donors (Lipinski definition) is 3. The summed E-state index contributed by atoms with van der Waals surface area (Å²) in [6.45, 7) is 1.50. The Bertz CT molecular complexity index is 735. The molecule has 0 saturated carbocycles. The van der Waals surface area contributed by atoms with E-state index in [-0.39, 0.29) is 0 Å². The first-order valence-corrected chi connectivity index (χ1v) is 7.42. The number of benzene rings is 1. The highest BCUT2D eigenvalue weighted by molar-refractivity contribution is 6.30. The van der Waals surface area contributed by atoms with Gasteiger partial charge in [-0.15, -0.1) is 0 Å². The topological polar surface area (TPSA) is 100 Å². The molecular weight excluding hydrogens is 332 g/mol. The van der Waals surface area contributed by atoms with Crippen LogP contribution in [0.4, 0.5) is 0 Å². The van der Waals surface area contributed by atoms with E-state index in [1.54, 1.807) is 36.4 Å². The van der Waals surface area contributed by atoms with Crippen molar-refractivity contribution in [3.63, 3.8) is 0 Å². The summed E-state index contributed by atoms with van der Waals surface area (Å²) in [5.41, 5.74) is 5.17. The number of hydrazine groups is 1. The molecule has 0 bridgehead atoms. The molecule has 0 fully saturated rings. The van der Waals surface area contributed by atoms with Crippen molar-refractivity contribution in [2.24, 2.45) is 0 Å². The molecule has 2 aromatic rings. The van der Waals surface area contributed by atoms with Crippen LogP contribution >= 0.6 is 11.6 Å². The molecule has 0 aliphatic heterocycles. The van der Waals surface area contributed by atoms with Crippen molar-refractivity contribution in [1.29, 1.82) is 0 Å². The van der Waals surface area contributed by atoms with Crippen LogP contribution in [0.15, 0.2) is 48.8 Å². The Kier molecular flexibility index (Phi) is 5.86. The van der Waals surface area contributed by atoms with Gasteiger partial charge in [0.05, 0.1) is 5.56 Å². The van der Waals surface area contributed by atoms with Gasteiger partial charge in [-0.25, -0.2) is 0 Å². The molecule has 1 atom stereocenters. The molecule has 1 aromatic heterocycles. The minimum absolute atomic E-state index is 0.302. The third-order valence-electron chi connectivity index (χ3n) is 3.07. The average Bonchev–Trinajstić information content (AvgIpc) is 2.60. The molecule has 124 valence electrons. The van der Waals surface area contributed by atoms with E-state index in [4.69, 9.17) is 11.6 Å². The lowest BCUT2D eigenvalue weighted by atomic mass is 10.2. The van der Waals surface area contributed by atoms with Gasteiger partial charge in [-0.1, -0.05) is 11.6 Å². The first-order valence-electron chi connectivity index (χ1n) is 7.04. The lowest BCUT2D eigenvalue weighted by Crippen LogP contribution is -2.51. The predicted octanol–water partition coefficient (Wildman–Crippen LogP) is 1.31. The van der Waals surface area contributed by atoms with Crippen LogP contribution in [0.5, 0.6) is 0 Å². The number of amides is 3. The summed E-state index contributed by atoms with van der Waals surface area (Å²) in [6.07, 6.45) is 2.90. The molecule has 0 aliphatic carbocycles. The van der Waals surface area contributed by atoms with Crippen molar-refractivity contribution in [2.75, 3.05) is 0 Å². The third kappa shape index (κ3) is 4.79. The van der Waals surface area contributed by atoms with Crippen LogP contribution in [0.1, 0.15) is 27.6 Å². The molecular formula is C16H15ClN4O3. The number of pyridine rings is 1. The second kappa shape index (κ2) is 8.07. The maximum absolute atomic E-state index is 12.0. The minimum Gasteiger partial charge on any atom is -0.340 e. The predicted molar refractivity (Wildman–Crippen MR) is 88.2 cm³/mol. The quantitative estimate of drug-likeness (QED) is 0.727. The van der Waals surface area contributed by atoms with Crippen molar-refractivity contribution >= 4 is 29.3 Å². The maximum atomic E-state index is 12.0. The van der Waals surface area contributed by atoms with E-state index in [1.807, 2.05) is 0 Å². The summed E-state index contributed by atoms with van der Waals surface area (Å²) in [5, 5.41) is 3.03. The number of carbonyl (C=O) groups is 3. The van der Waals surface area contributed by atoms with Crippen molar-refractivity contribution < 1.29 is 14.4 Å². The number of hydrogen-bond acceptors (Lipinski definition) is 4. The van der Waals surface area contributed by atoms with Gasteiger partial charge in [0, 0.05) is 23.0 Å². The molecule has 0 spiro atoms. The van der Waals surface area contributed by atoms with Crippen molar-refractivity contribution in [2.45, 2.75) is 13.0 Å². The average molecular weight is 347 g/mol. The zero-order valence-corrected chi connectivity index (χ0v) is 13.5. The molecule has 0 saturated heterocycles. The lowest BCUT2D eigenvalue weighted by molar-refractivity contribution is -0.123. The molecule has 1 heterocycles. The smallest absolute Gasteiger partial charge is 0.271 e. The van der Waals surface area contributed by atoms with E-state index >= 15 is 0 Å². The van der Waals surface area contributed by atoms with E-state index in [9.17, 15) is 14.4 Å². The zero-order chi connectivity index (χ0) is 17.5. The van der Waals surface area contributed by atoms with Gasteiger partial charge >= 0.3 is 0 Å². The van der Waals surface area contributed by atoms with E-state index in [2.05, 4.69) is 21.2 Å². The van der Waals surface area contributed by atoms with Crippen LogP contribution in [0.25, 0.3) is 0 Å². The van der Waals surface area contributed by atoms with E-state index in [0.29, 0.717) is 16.1 Å². The molecule has 0 aliphatic rings. The Hall–Kier alpha value is -2.93. The van der Waals surface area contributed by atoms with Gasteiger partial charge in [0.25, 0.3) is 17.7 Å². The van der Waals surface area contributed by atoms with Crippen molar-refractivity contribution in [3.05, 3.63) is 64.9 Å². The van der Waals surface area contributed by atoms with E-state index in [0.717, 1.165) is 0 Å². The highest BCUT2D eigenvalue weighted by Crippen LogP contribution is 2.09. The molecule has 7 nitrogen and oxygen atoms in total. The SMILES string of the molecule is CC(NC(=O)c1ccc(Cl)cc1)C(=O)NNC(=O)c1cccnc1. The Labute approximate surface area is 143 Å². The standard InChI is InChI=1S/C16H15ClN4O3/c1-10(19-15(23)11-4-6-13(17)7-5-11)14(22)20-21-16(24)12-3-2-8-18-9-12/h2-10H,1H3,(H,19,23)(H,20,22)(H,21,24). The summed E-state index contributed by atoms with van der Waals surface area (Å²) >= 11 is 5.75. The fourth-order valence-corrected chi connectivity index (χ4v) is 1.87. The first kappa shape index (κ1) is 17.4. The van der Waals surface area contributed by atoms with Gasteiger partial charge in [0.15, 0.2) is 0 Å². The molecule has 3 N–H and O–H groups in total. The van der Waals surface area contributed by atoms with Gasteiger partial charge in [0.1, 0.15) is 6.04 Å². The third-order valence-corrected chi connectivity index (χ3v) is 3.32. The molecule has 2 rings (SSSR count). The molecule has 24 heavy (non-hydrogen) atoms. The number of aromatic nitrogens is 1. The fourth-order valence-electron chi connectivity index (χ4n) is 1.74. The Morgan fingerprint density at radius 2 is 1.71 bits per heavy atom. The summed E-state index contributed by atoms with van der Waals surface area (Å²) in [4.78, 5) is 39.5. The Morgan fingerprint density at radius 3 is 2.33 bits per heavy atom. The molecule has 0 radical (unpaired) electrons. The molecule has 1 aromatic carbocycles. The molecule has 3 amide bonds. The Balaban J connectivity index is 1.84. The number of nitrogens with one attached hydrogen (secondary N) is 3. The summed E-state index contributed by atoms with van der Waals surface area (Å²) in [5.74, 6) is -1.49. The molecule has 1 unspecified atom stereocenters. The van der Waals surface area contributed by atoms with Crippen molar-refractivity contribution in [3.8, 4) is 0 Å². The van der Waals surface area contributed by atoms with Crippen LogP contribution in [0.2, 0.25) is 5.02 Å². The van der Waals surface area contributed by atoms with Crippen LogP contribution in [0.3, 0.4) is 0 Å². The maximum Gasteiger partial charge on any atom is 0.271 e. The highest BCUT2D eigenvalue weighted by Gasteiger charge is 2.17. The summed E-state index contributed by atoms with van der Waals surface area (Å²) in [6, 6.07) is 8.57. The second-order valence-corrected chi connectivity index (χ2v) is 5.32. The van der Waals surface area contributed by atoms with Gasteiger partial charge in [-0.2, -0.15) is 0 Å². The van der Waals surface area contributed by atoms with Crippen molar-refractivity contribution in [1.82, 2.24) is 21.2 Å². The Morgan fingerprint density at radius 1 is 1.00 bits per heavy atom. The number of nitrogens with zero attached hydrogens (tertiary/aromatic N) is 1. The van der Waals surface area contributed by atoms with Crippen LogP contribution in [-0.2, 0) is 4.79 Å². The van der Waals surface area contributed by atoms with Gasteiger partial charge in [-0.05, 0) is 43.3 Å². The zero-order valence-electron chi connectivity index (χ0n) is 12.7. The monoisotopic (exact) mass is 346 g/mol. The highest BCUT2D eigenvalue weighted by atomic mass is 35.5. The number of halogens is 1. The number of carbonyl (C=O) groups excluding carboxylic acids is 3. The van der Waals surface area contributed by atoms with Crippen LogP contribution < -0.4 is 16.2 Å². The van der Waals surface area contributed by atoms with E-state index in [1.165, 1.54) is 19.3 Å². The van der Waals surface area contributed by atoms with Gasteiger partial charge in [-0.3, -0.25) is 30.2 Å². The largest absolute Gasteiger partial charge is 0.340 e.